The number of pyridine rings is 1. The fourth-order valence-corrected chi connectivity index (χ4v) is 5.81. The molecule has 214 valence electrons. The van der Waals surface area contributed by atoms with Crippen LogP contribution in [0.5, 0.6) is 5.75 Å². The Labute approximate surface area is 243 Å². The number of benzene rings is 3. The van der Waals surface area contributed by atoms with Crippen LogP contribution in [0.2, 0.25) is 0 Å². The maximum absolute atomic E-state index is 14.3. The number of aromatic hydroxyl groups is 1. The molecular formula is C32H31N5O5. The quantitative estimate of drug-likeness (QED) is 0.369. The first kappa shape index (κ1) is 27.2. The molecule has 0 saturated carbocycles. The summed E-state index contributed by atoms with van der Waals surface area (Å²) in [5.74, 6) is -0.476. The van der Waals surface area contributed by atoms with Crippen molar-refractivity contribution in [1.82, 2.24) is 25.2 Å². The number of phenolic OH excluding ortho intramolecular Hbond substituents is 1. The summed E-state index contributed by atoms with van der Waals surface area (Å²) in [6.45, 7) is 2.00. The lowest BCUT2D eigenvalue weighted by atomic mass is 9.94. The third-order valence-electron chi connectivity index (χ3n) is 7.95. The minimum atomic E-state index is -0.877. The monoisotopic (exact) mass is 565 g/mol. The number of hydrogen-bond acceptors (Lipinski definition) is 6. The number of urea groups is 1. The van der Waals surface area contributed by atoms with E-state index in [-0.39, 0.29) is 37.1 Å². The van der Waals surface area contributed by atoms with Gasteiger partial charge < -0.3 is 20.2 Å². The molecule has 2 fully saturated rings. The number of rotatable bonds is 6. The topological polar surface area (TPSA) is 115 Å². The third kappa shape index (κ3) is 5.24. The molecule has 1 aromatic heterocycles. The molecule has 2 aliphatic rings. The van der Waals surface area contributed by atoms with Gasteiger partial charge in [0.1, 0.15) is 11.8 Å². The Bertz CT molecular complexity index is 1610. The molecule has 3 aromatic carbocycles. The van der Waals surface area contributed by atoms with E-state index in [1.807, 2.05) is 49.4 Å². The van der Waals surface area contributed by atoms with Gasteiger partial charge in [-0.2, -0.15) is 5.06 Å². The summed E-state index contributed by atoms with van der Waals surface area (Å²) in [5.41, 5.74) is 2.59. The summed E-state index contributed by atoms with van der Waals surface area (Å²) in [5, 5.41) is 15.9. The zero-order valence-corrected chi connectivity index (χ0v) is 23.1. The van der Waals surface area contributed by atoms with Crippen molar-refractivity contribution in [2.24, 2.45) is 0 Å². The molecule has 4 aromatic rings. The number of fused-ring (bicyclic) bond motifs is 2. The first-order chi connectivity index (χ1) is 20.4. The van der Waals surface area contributed by atoms with Gasteiger partial charge in [-0.1, -0.05) is 54.6 Å². The van der Waals surface area contributed by atoms with Gasteiger partial charge in [0, 0.05) is 31.9 Å². The lowest BCUT2D eigenvalue weighted by Gasteiger charge is -2.54. The molecule has 3 atom stereocenters. The van der Waals surface area contributed by atoms with Crippen molar-refractivity contribution in [2.45, 2.75) is 44.7 Å². The Morgan fingerprint density at radius 2 is 1.71 bits per heavy atom. The van der Waals surface area contributed by atoms with E-state index >= 15 is 0 Å². The summed E-state index contributed by atoms with van der Waals surface area (Å²) in [7, 11) is 0. The summed E-state index contributed by atoms with van der Waals surface area (Å²) >= 11 is 0. The number of piperazine rings is 1. The molecule has 2 saturated heterocycles. The molecule has 0 aliphatic carbocycles. The number of carbonyl (C=O) groups excluding carboxylic acids is 3. The number of aromatic nitrogens is 1. The molecule has 4 amide bonds. The standard InChI is InChI=1S/C32H31N5O5/c1-21-30-36(29(39)20-42-37(30)32(41)34-18-23-13-15-33-16-14-23)28(17-22-9-11-26(38)12-10-22)31(40)35(21)19-25-7-4-6-24-5-2-3-8-27(24)25/h2-16,21,28,30,38H,17-20H2,1H3,(H,34,41)/t21-,28-,30-/m0/s1. The van der Waals surface area contributed by atoms with Crippen LogP contribution < -0.4 is 5.32 Å². The van der Waals surface area contributed by atoms with E-state index in [9.17, 15) is 19.5 Å². The third-order valence-corrected chi connectivity index (χ3v) is 7.95. The van der Waals surface area contributed by atoms with Gasteiger partial charge in [0.05, 0.1) is 6.04 Å². The van der Waals surface area contributed by atoms with Gasteiger partial charge in [0.15, 0.2) is 12.8 Å². The van der Waals surface area contributed by atoms with E-state index in [4.69, 9.17) is 4.84 Å². The van der Waals surface area contributed by atoms with Gasteiger partial charge in [-0.05, 0) is 58.7 Å². The highest BCUT2D eigenvalue weighted by Gasteiger charge is 2.53. The smallest absolute Gasteiger partial charge is 0.343 e. The molecule has 3 heterocycles. The predicted molar refractivity (Wildman–Crippen MR) is 154 cm³/mol. The molecule has 2 N–H and O–H groups in total. The Hall–Kier alpha value is -4.96. The van der Waals surface area contributed by atoms with Crippen molar-refractivity contribution >= 4 is 28.6 Å². The Balaban J connectivity index is 1.35. The van der Waals surface area contributed by atoms with Crippen molar-refractivity contribution in [3.8, 4) is 5.75 Å². The van der Waals surface area contributed by atoms with Crippen LogP contribution in [-0.2, 0) is 33.9 Å². The first-order valence-corrected chi connectivity index (χ1v) is 13.9. The van der Waals surface area contributed by atoms with E-state index in [2.05, 4.69) is 10.3 Å². The number of carbonyl (C=O) groups is 3. The normalized spacial score (nSPS) is 20.5. The predicted octanol–water partition coefficient (Wildman–Crippen LogP) is 3.59. The number of amides is 4. The van der Waals surface area contributed by atoms with Crippen LogP contribution in [0, 0.1) is 0 Å². The van der Waals surface area contributed by atoms with Crippen molar-refractivity contribution < 1.29 is 24.3 Å². The second-order valence-electron chi connectivity index (χ2n) is 10.6. The summed E-state index contributed by atoms with van der Waals surface area (Å²) in [6.07, 6.45) is 2.64. The second-order valence-corrected chi connectivity index (χ2v) is 10.6. The number of phenols is 1. The van der Waals surface area contributed by atoms with Crippen LogP contribution in [-0.4, -0.2) is 67.7 Å². The Morgan fingerprint density at radius 1 is 0.976 bits per heavy atom. The Kier molecular flexibility index (Phi) is 7.45. The first-order valence-electron chi connectivity index (χ1n) is 13.9. The maximum Gasteiger partial charge on any atom is 0.343 e. The lowest BCUT2D eigenvalue weighted by Crippen LogP contribution is -2.75. The zero-order valence-electron chi connectivity index (χ0n) is 23.1. The second kappa shape index (κ2) is 11.5. The minimum Gasteiger partial charge on any atom is -0.508 e. The molecule has 6 rings (SSSR count). The van der Waals surface area contributed by atoms with Gasteiger partial charge in [0.2, 0.25) is 5.91 Å². The fourth-order valence-electron chi connectivity index (χ4n) is 5.81. The highest BCUT2D eigenvalue weighted by atomic mass is 16.7. The van der Waals surface area contributed by atoms with Crippen LogP contribution in [0.3, 0.4) is 0 Å². The van der Waals surface area contributed by atoms with Gasteiger partial charge in [0.25, 0.3) is 5.91 Å². The summed E-state index contributed by atoms with van der Waals surface area (Å²) in [4.78, 5) is 54.1. The molecular weight excluding hydrogens is 534 g/mol. The maximum atomic E-state index is 14.3. The van der Waals surface area contributed by atoms with E-state index in [0.29, 0.717) is 6.54 Å². The highest BCUT2D eigenvalue weighted by Crippen LogP contribution is 2.33. The average molecular weight is 566 g/mol. The molecule has 0 radical (unpaired) electrons. The molecule has 10 heteroatoms. The van der Waals surface area contributed by atoms with Gasteiger partial charge in [-0.3, -0.25) is 19.4 Å². The average Bonchev–Trinajstić information content (AvgIpc) is 3.01. The van der Waals surface area contributed by atoms with Crippen LogP contribution >= 0.6 is 0 Å². The SMILES string of the molecule is C[C@H]1[C@@H]2N(C(=O)NCc3ccncc3)OCC(=O)N2[C@@H](Cc2ccc(O)cc2)C(=O)N1Cc1cccc2ccccc12. The molecule has 0 spiro atoms. The van der Waals surface area contributed by atoms with Gasteiger partial charge in [-0.15, -0.1) is 0 Å². The van der Waals surface area contributed by atoms with E-state index in [0.717, 1.165) is 27.5 Å². The van der Waals surface area contributed by atoms with Gasteiger partial charge in [-0.25, -0.2) is 4.79 Å². The van der Waals surface area contributed by atoms with Crippen LogP contribution in [0.1, 0.15) is 23.6 Å². The molecule has 10 nitrogen and oxygen atoms in total. The molecule has 0 bridgehead atoms. The van der Waals surface area contributed by atoms with Crippen molar-refractivity contribution in [1.29, 1.82) is 0 Å². The van der Waals surface area contributed by atoms with Crippen molar-refractivity contribution in [3.05, 3.63) is 108 Å². The molecule has 2 aliphatic heterocycles. The number of nitrogens with zero attached hydrogens (tertiary/aromatic N) is 4. The van der Waals surface area contributed by atoms with Crippen molar-refractivity contribution in [2.75, 3.05) is 6.61 Å². The summed E-state index contributed by atoms with van der Waals surface area (Å²) in [6, 6.07) is 22.2. The van der Waals surface area contributed by atoms with Crippen LogP contribution in [0.15, 0.2) is 91.3 Å². The van der Waals surface area contributed by atoms with Crippen LogP contribution in [0.4, 0.5) is 4.79 Å². The minimum absolute atomic E-state index is 0.109. The van der Waals surface area contributed by atoms with Crippen LogP contribution in [0.25, 0.3) is 10.8 Å². The molecule has 0 unspecified atom stereocenters. The molecule has 42 heavy (non-hydrogen) atoms. The number of hydroxylamine groups is 2. The lowest BCUT2D eigenvalue weighted by molar-refractivity contribution is -0.245. The van der Waals surface area contributed by atoms with E-state index < -0.39 is 24.3 Å². The zero-order chi connectivity index (χ0) is 29.2. The van der Waals surface area contributed by atoms with Crippen molar-refractivity contribution in [3.63, 3.8) is 0 Å². The summed E-state index contributed by atoms with van der Waals surface area (Å²) < 4.78 is 0. The number of nitrogens with one attached hydrogen (secondary N) is 1. The van der Waals surface area contributed by atoms with E-state index in [1.165, 1.54) is 9.96 Å². The largest absolute Gasteiger partial charge is 0.508 e. The Morgan fingerprint density at radius 3 is 2.50 bits per heavy atom. The fraction of sp³-hybridized carbons (Fsp3) is 0.250. The number of hydrogen-bond donors (Lipinski definition) is 2. The van der Waals surface area contributed by atoms with Gasteiger partial charge >= 0.3 is 6.03 Å². The van der Waals surface area contributed by atoms with E-state index in [1.54, 1.807) is 53.7 Å². The highest BCUT2D eigenvalue weighted by molar-refractivity contribution is 5.92.